The van der Waals surface area contributed by atoms with Gasteiger partial charge < -0.3 is 18.9 Å². The van der Waals surface area contributed by atoms with Crippen LogP contribution in [0.1, 0.15) is 67.7 Å². The number of ether oxygens (including phenoxy) is 4. The number of Topliss-reactive ketones (excluding diaryl/α,β-unsaturated/α-hetero) is 1. The Hall–Kier alpha value is -2.48. The molecular weight excluding hydrogens is 464 g/mol. The topological polar surface area (TPSA) is 109 Å². The van der Waals surface area contributed by atoms with Crippen molar-refractivity contribution in [2.45, 2.75) is 91.6 Å². The highest BCUT2D eigenvalue weighted by Crippen LogP contribution is 2.58. The smallest absolute Gasteiger partial charge is 0.331 e. The van der Waals surface area contributed by atoms with Gasteiger partial charge in [-0.1, -0.05) is 32.9 Å². The number of fused-ring (bicyclic) bond motifs is 1. The molecule has 0 aromatic carbocycles. The number of rotatable bonds is 9. The highest BCUT2D eigenvalue weighted by atomic mass is 16.6. The molecule has 0 aromatic heterocycles. The Bertz CT molecular complexity index is 945. The van der Waals surface area contributed by atoms with Gasteiger partial charge in [-0.3, -0.25) is 14.4 Å². The lowest BCUT2D eigenvalue weighted by Crippen LogP contribution is -2.57. The van der Waals surface area contributed by atoms with Gasteiger partial charge in [0.2, 0.25) is 0 Å². The van der Waals surface area contributed by atoms with Crippen LogP contribution in [0.5, 0.6) is 0 Å². The van der Waals surface area contributed by atoms with Crippen molar-refractivity contribution in [3.63, 3.8) is 0 Å². The Morgan fingerprint density at radius 2 is 1.83 bits per heavy atom. The molecule has 36 heavy (non-hydrogen) atoms. The molecule has 0 N–H and O–H groups in total. The molecule has 3 rings (SSSR count). The largest absolute Gasteiger partial charge is 0.462 e. The van der Waals surface area contributed by atoms with Gasteiger partial charge in [0.15, 0.2) is 6.10 Å². The number of epoxide rings is 1. The van der Waals surface area contributed by atoms with Gasteiger partial charge in [0.1, 0.15) is 18.0 Å². The molecule has 2 saturated carbocycles. The summed E-state index contributed by atoms with van der Waals surface area (Å²) in [7, 11) is 0. The fourth-order valence-corrected chi connectivity index (χ4v) is 5.76. The molecule has 8 nitrogen and oxygen atoms in total. The Kier molecular flexibility index (Phi) is 8.48. The SMILES string of the molecule is C=C1[C@H]2CC(=O)[C@@H]([C@H](C)OC(C)=O)[C@@H]2[C@@H]([C@]2(C)CO2)[C@H](OC(=O)/C=C(\C)CC)[C@@H]1OC(=O)[C@@H](C)CC. The normalized spacial score (nSPS) is 35.5. The fourth-order valence-electron chi connectivity index (χ4n) is 5.76. The van der Waals surface area contributed by atoms with E-state index < -0.39 is 53.7 Å². The molecule has 1 aliphatic heterocycles. The van der Waals surface area contributed by atoms with Crippen LogP contribution in [0, 0.1) is 29.6 Å². The van der Waals surface area contributed by atoms with E-state index in [1.165, 1.54) is 13.0 Å². The Labute approximate surface area is 213 Å². The van der Waals surface area contributed by atoms with E-state index in [1.807, 2.05) is 27.7 Å². The number of esters is 3. The molecule has 0 unspecified atom stereocenters. The van der Waals surface area contributed by atoms with E-state index >= 15 is 0 Å². The van der Waals surface area contributed by atoms with E-state index in [2.05, 4.69) is 6.58 Å². The van der Waals surface area contributed by atoms with Crippen molar-refractivity contribution >= 4 is 23.7 Å². The maximum atomic E-state index is 13.3. The second kappa shape index (κ2) is 10.9. The molecular formula is C28H40O8. The lowest BCUT2D eigenvalue weighted by atomic mass is 9.61. The van der Waals surface area contributed by atoms with Crippen molar-refractivity contribution in [2.75, 3.05) is 6.61 Å². The maximum absolute atomic E-state index is 13.3. The first-order valence-electron chi connectivity index (χ1n) is 12.9. The number of hydrogen-bond acceptors (Lipinski definition) is 8. The number of carbonyl (C=O) groups excluding carboxylic acids is 4. The maximum Gasteiger partial charge on any atom is 0.331 e. The monoisotopic (exact) mass is 504 g/mol. The van der Waals surface area contributed by atoms with Crippen LogP contribution in [-0.2, 0) is 38.1 Å². The zero-order valence-corrected chi connectivity index (χ0v) is 22.5. The first kappa shape index (κ1) is 28.1. The van der Waals surface area contributed by atoms with Crippen LogP contribution in [0.25, 0.3) is 0 Å². The van der Waals surface area contributed by atoms with Gasteiger partial charge in [-0.15, -0.1) is 0 Å². The Morgan fingerprint density at radius 1 is 1.19 bits per heavy atom. The minimum absolute atomic E-state index is 0.0464. The van der Waals surface area contributed by atoms with Gasteiger partial charge in [0.25, 0.3) is 0 Å². The van der Waals surface area contributed by atoms with Crippen LogP contribution >= 0.6 is 0 Å². The third-order valence-corrected chi connectivity index (χ3v) is 8.18. The number of carbonyl (C=O) groups is 4. The highest BCUT2D eigenvalue weighted by Gasteiger charge is 2.67. The summed E-state index contributed by atoms with van der Waals surface area (Å²) in [6.07, 6.45) is 0.440. The van der Waals surface area contributed by atoms with Gasteiger partial charge in [0.05, 0.1) is 24.0 Å². The quantitative estimate of drug-likeness (QED) is 0.153. The summed E-state index contributed by atoms with van der Waals surface area (Å²) in [6.45, 7) is 17.1. The summed E-state index contributed by atoms with van der Waals surface area (Å²) in [6, 6.07) is 0. The van der Waals surface area contributed by atoms with Gasteiger partial charge in [-0.05, 0) is 51.0 Å². The van der Waals surface area contributed by atoms with Crippen LogP contribution in [-0.4, -0.2) is 54.2 Å². The molecule has 1 saturated heterocycles. The van der Waals surface area contributed by atoms with Crippen molar-refractivity contribution in [3.05, 3.63) is 23.8 Å². The molecule has 0 bridgehead atoms. The van der Waals surface area contributed by atoms with Gasteiger partial charge in [-0.25, -0.2) is 4.79 Å². The van der Waals surface area contributed by atoms with Crippen molar-refractivity contribution in [1.29, 1.82) is 0 Å². The zero-order chi connectivity index (χ0) is 26.9. The van der Waals surface area contributed by atoms with E-state index in [1.54, 1.807) is 13.8 Å². The molecule has 0 spiro atoms. The summed E-state index contributed by atoms with van der Waals surface area (Å²) >= 11 is 0. The lowest BCUT2D eigenvalue weighted by molar-refractivity contribution is -0.182. The van der Waals surface area contributed by atoms with Crippen LogP contribution in [0.2, 0.25) is 0 Å². The van der Waals surface area contributed by atoms with E-state index in [0.29, 0.717) is 25.0 Å². The Balaban J connectivity index is 2.08. The molecule has 8 heteroatoms. The average Bonchev–Trinajstić information content (AvgIpc) is 3.44. The van der Waals surface area contributed by atoms with Crippen LogP contribution in [0.3, 0.4) is 0 Å². The van der Waals surface area contributed by atoms with Crippen molar-refractivity contribution < 1.29 is 38.1 Å². The Morgan fingerprint density at radius 3 is 2.36 bits per heavy atom. The number of ketones is 1. The second-order valence-electron chi connectivity index (χ2n) is 10.8. The predicted octanol–water partition coefficient (Wildman–Crippen LogP) is 3.96. The fraction of sp³-hybridized carbons (Fsp3) is 0.714. The van der Waals surface area contributed by atoms with Crippen LogP contribution in [0.4, 0.5) is 0 Å². The van der Waals surface area contributed by atoms with Gasteiger partial charge in [-0.2, -0.15) is 0 Å². The standard InChI is InChI=1S/C28H40O8/c1-9-14(3)11-21(31)35-26-24(28(8)13-33-28)23-19(12-20(30)22(23)17(6)34-18(7)29)16(5)25(26)36-27(32)15(4)10-2/h11,15,17,19,22-26H,5,9-10,12-13H2,1-4,6-8H3/b14-11+/t15-,17-,19+,22+,23+,24+,25+,26-,28-/m0/s1. The molecule has 2 aliphatic carbocycles. The number of hydrogen-bond donors (Lipinski definition) is 0. The third-order valence-electron chi connectivity index (χ3n) is 8.18. The summed E-state index contributed by atoms with van der Waals surface area (Å²) in [5.41, 5.74) is 0.721. The summed E-state index contributed by atoms with van der Waals surface area (Å²) < 4.78 is 23.3. The number of allylic oxidation sites excluding steroid dienone is 1. The van der Waals surface area contributed by atoms with Crippen molar-refractivity contribution in [2.24, 2.45) is 29.6 Å². The molecule has 0 radical (unpaired) electrons. The molecule has 200 valence electrons. The average molecular weight is 505 g/mol. The molecule has 9 atom stereocenters. The minimum atomic E-state index is -0.909. The minimum Gasteiger partial charge on any atom is -0.462 e. The van der Waals surface area contributed by atoms with Crippen LogP contribution in [0.15, 0.2) is 23.8 Å². The van der Waals surface area contributed by atoms with E-state index in [-0.39, 0.29) is 30.0 Å². The summed E-state index contributed by atoms with van der Waals surface area (Å²) in [5, 5.41) is 0. The van der Waals surface area contributed by atoms with Crippen LogP contribution < -0.4 is 0 Å². The predicted molar refractivity (Wildman–Crippen MR) is 132 cm³/mol. The van der Waals surface area contributed by atoms with E-state index in [0.717, 1.165) is 5.57 Å². The van der Waals surface area contributed by atoms with Gasteiger partial charge in [0, 0.05) is 25.3 Å². The lowest BCUT2D eigenvalue weighted by Gasteiger charge is -2.48. The van der Waals surface area contributed by atoms with E-state index in [4.69, 9.17) is 18.9 Å². The molecule has 1 heterocycles. The van der Waals surface area contributed by atoms with Crippen molar-refractivity contribution in [3.8, 4) is 0 Å². The molecule has 0 aromatic rings. The van der Waals surface area contributed by atoms with E-state index in [9.17, 15) is 19.2 Å². The van der Waals surface area contributed by atoms with Crippen molar-refractivity contribution in [1.82, 2.24) is 0 Å². The molecule has 3 aliphatic rings. The summed E-state index contributed by atoms with van der Waals surface area (Å²) in [4.78, 5) is 50.9. The molecule has 0 amide bonds. The molecule has 3 fully saturated rings. The third kappa shape index (κ3) is 5.58. The first-order chi connectivity index (χ1) is 16.8. The zero-order valence-electron chi connectivity index (χ0n) is 22.5. The second-order valence-corrected chi connectivity index (χ2v) is 10.8. The van der Waals surface area contributed by atoms with Gasteiger partial charge >= 0.3 is 17.9 Å². The first-order valence-corrected chi connectivity index (χ1v) is 12.9. The summed E-state index contributed by atoms with van der Waals surface area (Å²) in [5.74, 6) is -3.54. The highest BCUT2D eigenvalue weighted by molar-refractivity contribution is 5.86.